The molecule has 1 heterocycles. The molecule has 0 bridgehead atoms. The molecule has 1 aliphatic carbocycles. The van der Waals surface area contributed by atoms with Crippen LogP contribution in [-0.2, 0) is 0 Å². The molecular weight excluding hydrogens is 184 g/mol. The molecule has 0 radical (unpaired) electrons. The van der Waals surface area contributed by atoms with Gasteiger partial charge in [-0.2, -0.15) is 0 Å². The summed E-state index contributed by atoms with van der Waals surface area (Å²) in [6.07, 6.45) is 3.92. The SMILES string of the molecule is OC1CCCCC1Oc1ccsc1. The molecule has 3 heteroatoms. The van der Waals surface area contributed by atoms with Crippen LogP contribution >= 0.6 is 11.3 Å². The Morgan fingerprint density at radius 1 is 1.38 bits per heavy atom. The molecule has 1 aromatic heterocycles. The van der Waals surface area contributed by atoms with Gasteiger partial charge in [0.05, 0.1) is 6.10 Å². The van der Waals surface area contributed by atoms with Gasteiger partial charge < -0.3 is 9.84 Å². The third kappa shape index (κ3) is 2.23. The van der Waals surface area contributed by atoms with Crippen LogP contribution in [0.3, 0.4) is 0 Å². The minimum atomic E-state index is -0.270. The summed E-state index contributed by atoms with van der Waals surface area (Å²) in [5.74, 6) is 0.899. The van der Waals surface area contributed by atoms with Gasteiger partial charge in [0, 0.05) is 5.38 Å². The Bertz CT molecular complexity index is 245. The third-order valence-corrected chi connectivity index (χ3v) is 3.11. The van der Waals surface area contributed by atoms with Crippen molar-refractivity contribution < 1.29 is 9.84 Å². The highest BCUT2D eigenvalue weighted by molar-refractivity contribution is 7.08. The van der Waals surface area contributed by atoms with Gasteiger partial charge in [0.2, 0.25) is 0 Å². The van der Waals surface area contributed by atoms with Gasteiger partial charge in [-0.3, -0.25) is 0 Å². The fourth-order valence-electron chi connectivity index (χ4n) is 1.71. The van der Waals surface area contributed by atoms with Gasteiger partial charge >= 0.3 is 0 Å². The van der Waals surface area contributed by atoms with Crippen molar-refractivity contribution in [1.82, 2.24) is 0 Å². The standard InChI is InChI=1S/C10H14O2S/c11-9-3-1-2-4-10(9)12-8-5-6-13-7-8/h5-7,9-11H,1-4H2. The van der Waals surface area contributed by atoms with Crippen molar-refractivity contribution in [2.24, 2.45) is 0 Å². The van der Waals surface area contributed by atoms with E-state index in [0.717, 1.165) is 25.0 Å². The lowest BCUT2D eigenvalue weighted by molar-refractivity contribution is 0.00711. The van der Waals surface area contributed by atoms with Gasteiger partial charge in [-0.25, -0.2) is 0 Å². The summed E-state index contributed by atoms with van der Waals surface area (Å²) in [6.45, 7) is 0. The second-order valence-corrected chi connectivity index (χ2v) is 4.25. The van der Waals surface area contributed by atoms with Gasteiger partial charge in [0.15, 0.2) is 0 Å². The minimum absolute atomic E-state index is 0.0170. The first-order valence-electron chi connectivity index (χ1n) is 4.73. The van der Waals surface area contributed by atoms with Gasteiger partial charge in [0.25, 0.3) is 0 Å². The number of thiophene rings is 1. The normalized spacial score (nSPS) is 28.7. The maximum absolute atomic E-state index is 9.65. The van der Waals surface area contributed by atoms with Gasteiger partial charge in [-0.15, -0.1) is 11.3 Å². The summed E-state index contributed by atoms with van der Waals surface area (Å²) in [5.41, 5.74) is 0. The lowest BCUT2D eigenvalue weighted by Gasteiger charge is -2.27. The van der Waals surface area contributed by atoms with Crippen LogP contribution in [0.15, 0.2) is 16.8 Å². The summed E-state index contributed by atoms with van der Waals surface area (Å²) < 4.78 is 5.67. The molecule has 2 unspecified atom stereocenters. The van der Waals surface area contributed by atoms with Crippen LogP contribution in [0.1, 0.15) is 25.7 Å². The zero-order valence-electron chi connectivity index (χ0n) is 7.48. The summed E-state index contributed by atoms with van der Waals surface area (Å²) in [5, 5.41) is 13.6. The second-order valence-electron chi connectivity index (χ2n) is 3.47. The molecule has 13 heavy (non-hydrogen) atoms. The lowest BCUT2D eigenvalue weighted by atomic mass is 9.95. The number of ether oxygens (including phenoxy) is 1. The van der Waals surface area contributed by atoms with Crippen molar-refractivity contribution in [3.8, 4) is 5.75 Å². The average Bonchev–Trinajstić information content (AvgIpc) is 2.61. The van der Waals surface area contributed by atoms with E-state index in [4.69, 9.17) is 4.74 Å². The minimum Gasteiger partial charge on any atom is -0.487 e. The molecule has 0 aliphatic heterocycles. The van der Waals surface area contributed by atoms with Gasteiger partial charge in [0.1, 0.15) is 11.9 Å². The molecular formula is C10H14O2S. The first-order valence-corrected chi connectivity index (χ1v) is 5.67. The number of aliphatic hydroxyl groups excluding tert-OH is 1. The molecule has 0 aromatic carbocycles. The Kier molecular flexibility index (Phi) is 2.86. The Hall–Kier alpha value is -0.540. The maximum atomic E-state index is 9.65. The highest BCUT2D eigenvalue weighted by atomic mass is 32.1. The van der Waals surface area contributed by atoms with Crippen molar-refractivity contribution in [2.75, 3.05) is 0 Å². The van der Waals surface area contributed by atoms with Crippen LogP contribution in [-0.4, -0.2) is 17.3 Å². The Morgan fingerprint density at radius 2 is 2.23 bits per heavy atom. The van der Waals surface area contributed by atoms with Crippen molar-refractivity contribution >= 4 is 11.3 Å². The van der Waals surface area contributed by atoms with Crippen LogP contribution in [0.2, 0.25) is 0 Å². The van der Waals surface area contributed by atoms with E-state index in [1.165, 1.54) is 6.42 Å². The zero-order chi connectivity index (χ0) is 9.10. The van der Waals surface area contributed by atoms with E-state index in [1.807, 2.05) is 16.8 Å². The summed E-state index contributed by atoms with van der Waals surface area (Å²) in [4.78, 5) is 0. The van der Waals surface area contributed by atoms with Crippen LogP contribution < -0.4 is 4.74 Å². The van der Waals surface area contributed by atoms with Crippen LogP contribution in [0.4, 0.5) is 0 Å². The van der Waals surface area contributed by atoms with Crippen LogP contribution in [0.5, 0.6) is 5.75 Å². The molecule has 1 aromatic rings. The first-order chi connectivity index (χ1) is 6.36. The molecule has 72 valence electrons. The highest BCUT2D eigenvalue weighted by Crippen LogP contribution is 2.24. The van der Waals surface area contributed by atoms with E-state index in [2.05, 4.69) is 0 Å². The molecule has 0 amide bonds. The van der Waals surface area contributed by atoms with Gasteiger partial charge in [-0.05, 0) is 30.7 Å². The van der Waals surface area contributed by atoms with Crippen LogP contribution in [0, 0.1) is 0 Å². The topological polar surface area (TPSA) is 29.5 Å². The predicted octanol–water partition coefficient (Wildman–Crippen LogP) is 2.43. The molecule has 0 spiro atoms. The average molecular weight is 198 g/mol. The molecule has 1 fully saturated rings. The van der Waals surface area contributed by atoms with E-state index >= 15 is 0 Å². The Balaban J connectivity index is 1.93. The van der Waals surface area contributed by atoms with E-state index < -0.39 is 0 Å². The molecule has 2 atom stereocenters. The predicted molar refractivity (Wildman–Crippen MR) is 53.2 cm³/mol. The number of aliphatic hydroxyl groups is 1. The van der Waals surface area contributed by atoms with E-state index in [1.54, 1.807) is 11.3 Å². The second kappa shape index (κ2) is 4.11. The van der Waals surface area contributed by atoms with Crippen molar-refractivity contribution in [3.63, 3.8) is 0 Å². The molecule has 1 saturated carbocycles. The van der Waals surface area contributed by atoms with E-state index in [0.29, 0.717) is 0 Å². The number of rotatable bonds is 2. The van der Waals surface area contributed by atoms with E-state index in [9.17, 15) is 5.11 Å². The fourth-order valence-corrected chi connectivity index (χ4v) is 2.27. The van der Waals surface area contributed by atoms with E-state index in [-0.39, 0.29) is 12.2 Å². The quantitative estimate of drug-likeness (QED) is 0.791. The van der Waals surface area contributed by atoms with Crippen molar-refractivity contribution in [3.05, 3.63) is 16.8 Å². The largest absolute Gasteiger partial charge is 0.487 e. The molecule has 2 nitrogen and oxygen atoms in total. The Labute approximate surface area is 82.2 Å². The monoisotopic (exact) mass is 198 g/mol. The number of hydrogen-bond donors (Lipinski definition) is 1. The molecule has 1 aliphatic rings. The zero-order valence-corrected chi connectivity index (χ0v) is 8.30. The summed E-state index contributed by atoms with van der Waals surface area (Å²) >= 11 is 1.62. The summed E-state index contributed by atoms with van der Waals surface area (Å²) in [7, 11) is 0. The first kappa shape index (κ1) is 9.03. The van der Waals surface area contributed by atoms with Crippen molar-refractivity contribution in [2.45, 2.75) is 37.9 Å². The lowest BCUT2D eigenvalue weighted by Crippen LogP contribution is -2.34. The fraction of sp³-hybridized carbons (Fsp3) is 0.600. The number of hydrogen-bond acceptors (Lipinski definition) is 3. The summed E-state index contributed by atoms with van der Waals surface area (Å²) in [6, 6.07) is 1.95. The molecule has 1 N–H and O–H groups in total. The highest BCUT2D eigenvalue weighted by Gasteiger charge is 2.24. The van der Waals surface area contributed by atoms with Crippen molar-refractivity contribution in [1.29, 1.82) is 0 Å². The van der Waals surface area contributed by atoms with Gasteiger partial charge in [-0.1, -0.05) is 6.42 Å². The van der Waals surface area contributed by atoms with Crippen LogP contribution in [0.25, 0.3) is 0 Å². The Morgan fingerprint density at radius 3 is 2.92 bits per heavy atom. The molecule has 0 saturated heterocycles. The third-order valence-electron chi connectivity index (χ3n) is 2.45. The smallest absolute Gasteiger partial charge is 0.130 e. The maximum Gasteiger partial charge on any atom is 0.130 e. The molecule has 2 rings (SSSR count).